The van der Waals surface area contributed by atoms with Gasteiger partial charge in [0, 0.05) is 7.11 Å². The molecule has 2 rings (SSSR count). The van der Waals surface area contributed by atoms with Crippen molar-refractivity contribution in [1.82, 2.24) is 0 Å². The van der Waals surface area contributed by atoms with Gasteiger partial charge < -0.3 is 54.7 Å². The van der Waals surface area contributed by atoms with E-state index in [4.69, 9.17) is 18.9 Å². The minimum atomic E-state index is -2.22. The largest absolute Gasteiger partial charge is 0.393 e. The molecule has 11 heteroatoms. The van der Waals surface area contributed by atoms with Gasteiger partial charge in [0.05, 0.1) is 13.2 Å². The van der Waals surface area contributed by atoms with Crippen molar-refractivity contribution in [3.63, 3.8) is 0 Å². The molecule has 30 heavy (non-hydrogen) atoms. The Morgan fingerprint density at radius 3 is 1.33 bits per heavy atom. The first kappa shape index (κ1) is 25.8. The summed E-state index contributed by atoms with van der Waals surface area (Å²) in [5.41, 5.74) is -11.9. The van der Waals surface area contributed by atoms with E-state index in [0.29, 0.717) is 0 Å². The van der Waals surface area contributed by atoms with Crippen molar-refractivity contribution in [3.8, 4) is 0 Å². The standard InChI is InChI=1S/C19H36O11/c1-12(8-20)14(3,23)17(6,26)19(10-22,29-12)28-11-13(2)15(4,24)16(5,25)18(9-21,27-7)30-13/h20-26H,8-11H2,1-7H3. The lowest BCUT2D eigenvalue weighted by atomic mass is 9.73. The third-order valence-electron chi connectivity index (χ3n) is 7.85. The Morgan fingerprint density at radius 1 is 0.600 bits per heavy atom. The molecule has 0 amide bonds. The second kappa shape index (κ2) is 7.03. The van der Waals surface area contributed by atoms with Crippen LogP contribution in [0.5, 0.6) is 0 Å². The van der Waals surface area contributed by atoms with E-state index in [9.17, 15) is 35.7 Å². The van der Waals surface area contributed by atoms with E-state index >= 15 is 0 Å². The van der Waals surface area contributed by atoms with Gasteiger partial charge in [-0.1, -0.05) is 0 Å². The maximum atomic E-state index is 11.1. The summed E-state index contributed by atoms with van der Waals surface area (Å²) in [6.45, 7) is 4.66. The minimum absolute atomic E-state index is 0.574. The molecule has 0 bridgehead atoms. The van der Waals surface area contributed by atoms with Crippen LogP contribution in [-0.2, 0) is 18.9 Å². The molecule has 0 aromatic carbocycles. The molecule has 11 nitrogen and oxygen atoms in total. The minimum Gasteiger partial charge on any atom is -0.393 e. The molecule has 178 valence electrons. The summed E-state index contributed by atoms with van der Waals surface area (Å²) in [6.07, 6.45) is 0. The van der Waals surface area contributed by atoms with Crippen LogP contribution in [0.3, 0.4) is 0 Å². The number of rotatable bonds is 7. The number of methoxy groups -OCH3 is 1. The van der Waals surface area contributed by atoms with Gasteiger partial charge in [-0.05, 0) is 41.5 Å². The zero-order valence-electron chi connectivity index (χ0n) is 18.6. The van der Waals surface area contributed by atoms with Gasteiger partial charge in [0.2, 0.25) is 11.6 Å². The van der Waals surface area contributed by atoms with Crippen LogP contribution in [0.25, 0.3) is 0 Å². The monoisotopic (exact) mass is 440 g/mol. The highest BCUT2D eigenvalue weighted by Crippen LogP contribution is 2.56. The fourth-order valence-electron chi connectivity index (χ4n) is 4.40. The Kier molecular flexibility index (Phi) is 6.05. The summed E-state index contributed by atoms with van der Waals surface area (Å²) in [4.78, 5) is 0. The third-order valence-corrected chi connectivity index (χ3v) is 7.85. The molecule has 0 aromatic rings. The lowest BCUT2D eigenvalue weighted by molar-refractivity contribution is -0.342. The summed E-state index contributed by atoms with van der Waals surface area (Å²) in [6, 6.07) is 0. The zero-order chi connectivity index (χ0) is 23.7. The summed E-state index contributed by atoms with van der Waals surface area (Å²) < 4.78 is 22.4. The van der Waals surface area contributed by atoms with Crippen LogP contribution >= 0.6 is 0 Å². The average Bonchev–Trinajstić information content (AvgIpc) is 2.87. The highest BCUT2D eigenvalue weighted by molar-refractivity contribution is 5.22. The van der Waals surface area contributed by atoms with Crippen LogP contribution in [0, 0.1) is 0 Å². The molecular formula is C19H36O11. The van der Waals surface area contributed by atoms with Gasteiger partial charge in [0.15, 0.2) is 0 Å². The summed E-state index contributed by atoms with van der Waals surface area (Å²) in [7, 11) is 1.19. The quantitative estimate of drug-likeness (QED) is 0.224. The van der Waals surface area contributed by atoms with Crippen LogP contribution in [-0.4, -0.2) is 114 Å². The number of ether oxygens (including phenoxy) is 4. The summed E-state index contributed by atoms with van der Waals surface area (Å²) in [5.74, 6) is -4.22. The molecule has 0 aromatic heterocycles. The predicted octanol–water partition coefficient (Wildman–Crippen LogP) is -2.40. The summed E-state index contributed by atoms with van der Waals surface area (Å²) >= 11 is 0. The van der Waals surface area contributed by atoms with Crippen molar-refractivity contribution in [2.75, 3.05) is 33.5 Å². The van der Waals surface area contributed by atoms with E-state index in [0.717, 1.165) is 0 Å². The molecular weight excluding hydrogens is 404 g/mol. The highest BCUT2D eigenvalue weighted by atomic mass is 16.8. The second-order valence-electron chi connectivity index (χ2n) is 9.43. The van der Waals surface area contributed by atoms with Crippen molar-refractivity contribution in [2.24, 2.45) is 0 Å². The number of aliphatic hydroxyl groups is 7. The lowest BCUT2D eigenvalue weighted by Crippen LogP contribution is -2.67. The van der Waals surface area contributed by atoms with Gasteiger partial charge in [-0.3, -0.25) is 0 Å². The molecule has 2 aliphatic heterocycles. The smallest absolute Gasteiger partial charge is 0.224 e. The number of aliphatic hydroxyl groups excluding tert-OH is 3. The predicted molar refractivity (Wildman–Crippen MR) is 101 cm³/mol. The molecule has 7 N–H and O–H groups in total. The van der Waals surface area contributed by atoms with E-state index in [1.165, 1.54) is 48.7 Å². The Labute approximate surface area is 175 Å². The van der Waals surface area contributed by atoms with Crippen LogP contribution in [0.1, 0.15) is 41.5 Å². The fourth-order valence-corrected chi connectivity index (χ4v) is 4.40. The van der Waals surface area contributed by atoms with Crippen LogP contribution in [0.2, 0.25) is 0 Å². The fraction of sp³-hybridized carbons (Fsp3) is 1.00. The van der Waals surface area contributed by atoms with Crippen LogP contribution in [0.4, 0.5) is 0 Å². The second-order valence-corrected chi connectivity index (χ2v) is 9.43. The van der Waals surface area contributed by atoms with Gasteiger partial charge in [-0.15, -0.1) is 0 Å². The van der Waals surface area contributed by atoms with Crippen molar-refractivity contribution in [3.05, 3.63) is 0 Å². The van der Waals surface area contributed by atoms with Gasteiger partial charge >= 0.3 is 0 Å². The molecule has 8 unspecified atom stereocenters. The third kappa shape index (κ3) is 2.72. The average molecular weight is 440 g/mol. The maximum Gasteiger partial charge on any atom is 0.224 e. The first-order valence-electron chi connectivity index (χ1n) is 9.68. The molecule has 0 radical (unpaired) electrons. The van der Waals surface area contributed by atoms with Crippen LogP contribution in [0.15, 0.2) is 0 Å². The maximum absolute atomic E-state index is 11.1. The molecule has 0 spiro atoms. The molecule has 2 fully saturated rings. The molecule has 0 saturated carbocycles. The summed E-state index contributed by atoms with van der Waals surface area (Å²) in [5, 5.41) is 73.8. The highest BCUT2D eigenvalue weighted by Gasteiger charge is 2.77. The normalized spacial score (nSPS) is 56.6. The van der Waals surface area contributed by atoms with Crippen molar-refractivity contribution >= 4 is 0 Å². The van der Waals surface area contributed by atoms with E-state index in [2.05, 4.69) is 0 Å². The van der Waals surface area contributed by atoms with Gasteiger partial charge in [0.1, 0.15) is 46.8 Å². The topological polar surface area (TPSA) is 179 Å². The van der Waals surface area contributed by atoms with Crippen molar-refractivity contribution < 1.29 is 54.7 Å². The number of hydrogen-bond acceptors (Lipinski definition) is 11. The van der Waals surface area contributed by atoms with E-state index < -0.39 is 71.6 Å². The van der Waals surface area contributed by atoms with Gasteiger partial charge in [-0.2, -0.15) is 0 Å². The Morgan fingerprint density at radius 2 is 1.00 bits per heavy atom. The molecule has 0 aliphatic carbocycles. The van der Waals surface area contributed by atoms with Crippen molar-refractivity contribution in [1.29, 1.82) is 0 Å². The SMILES string of the molecule is COC1(CO)OC(C)(COC2(CO)OC(C)(CO)C(C)(O)C2(C)O)C(C)(O)C1(C)O. The van der Waals surface area contributed by atoms with Crippen molar-refractivity contribution in [2.45, 2.75) is 86.7 Å². The molecule has 8 atom stereocenters. The zero-order valence-corrected chi connectivity index (χ0v) is 18.6. The molecule has 2 aliphatic rings. The van der Waals surface area contributed by atoms with E-state index in [1.807, 2.05) is 0 Å². The molecule has 2 heterocycles. The van der Waals surface area contributed by atoms with Gasteiger partial charge in [0.25, 0.3) is 0 Å². The first-order valence-corrected chi connectivity index (χ1v) is 9.68. The Bertz CT molecular complexity index is 657. The van der Waals surface area contributed by atoms with Gasteiger partial charge in [-0.25, -0.2) is 0 Å². The Hall–Kier alpha value is -0.440. The van der Waals surface area contributed by atoms with E-state index in [-0.39, 0.29) is 0 Å². The number of hydrogen-bond donors (Lipinski definition) is 7. The lowest BCUT2D eigenvalue weighted by Gasteiger charge is -2.45. The molecule has 2 saturated heterocycles. The first-order chi connectivity index (χ1) is 13.4. The Balaban J connectivity index is 2.46. The van der Waals surface area contributed by atoms with E-state index in [1.54, 1.807) is 0 Å². The van der Waals surface area contributed by atoms with Crippen LogP contribution < -0.4 is 0 Å².